The summed E-state index contributed by atoms with van der Waals surface area (Å²) in [6, 6.07) is 3.99. The molecule has 1 fully saturated rings. The lowest BCUT2D eigenvalue weighted by molar-refractivity contribution is 0.0581. The van der Waals surface area contributed by atoms with Crippen molar-refractivity contribution in [2.75, 3.05) is 14.2 Å². The van der Waals surface area contributed by atoms with E-state index in [1.165, 1.54) is 13.5 Å². The lowest BCUT2D eigenvalue weighted by atomic mass is 9.93. The Morgan fingerprint density at radius 3 is 2.70 bits per heavy atom. The minimum Gasteiger partial charge on any atom is -0.495 e. The largest absolute Gasteiger partial charge is 0.495 e. The normalized spacial score (nSPS) is 15.2. The van der Waals surface area contributed by atoms with E-state index in [0.717, 1.165) is 28.2 Å². The molecule has 1 aromatic carbocycles. The Morgan fingerprint density at radius 1 is 1.40 bits per heavy atom. The number of esters is 1. The maximum absolute atomic E-state index is 12.1. The van der Waals surface area contributed by atoms with Crippen molar-refractivity contribution in [1.82, 2.24) is 9.78 Å². The number of carbonyl (C=O) groups excluding carboxylic acids is 1. The zero-order valence-corrected chi connectivity index (χ0v) is 12.9. The Balaban J connectivity index is 2.24. The van der Waals surface area contributed by atoms with Gasteiger partial charge in [0.15, 0.2) is 5.69 Å². The summed E-state index contributed by atoms with van der Waals surface area (Å²) in [5, 5.41) is 5.36. The summed E-state index contributed by atoms with van der Waals surface area (Å²) in [6.07, 6.45) is 3.28. The van der Waals surface area contributed by atoms with E-state index in [4.69, 9.17) is 9.47 Å². The molecule has 106 valence electrons. The molecule has 0 aliphatic heterocycles. The number of hydrogen-bond acceptors (Lipinski definition) is 4. The molecule has 5 nitrogen and oxygen atoms in total. The van der Waals surface area contributed by atoms with E-state index in [2.05, 4.69) is 21.0 Å². The fourth-order valence-corrected chi connectivity index (χ4v) is 2.96. The van der Waals surface area contributed by atoms with Gasteiger partial charge >= 0.3 is 5.97 Å². The van der Waals surface area contributed by atoms with Gasteiger partial charge in [0.25, 0.3) is 0 Å². The molecule has 0 amide bonds. The van der Waals surface area contributed by atoms with Crippen molar-refractivity contribution in [2.45, 2.75) is 25.3 Å². The number of halogens is 1. The van der Waals surface area contributed by atoms with Crippen LogP contribution in [0.5, 0.6) is 5.75 Å². The first kappa shape index (κ1) is 13.4. The van der Waals surface area contributed by atoms with Crippen LogP contribution in [0.4, 0.5) is 0 Å². The fraction of sp³-hybridized carbons (Fsp3) is 0.429. The first-order chi connectivity index (χ1) is 9.65. The molecule has 0 saturated heterocycles. The molecule has 0 atom stereocenters. The van der Waals surface area contributed by atoms with Crippen LogP contribution in [0.3, 0.4) is 0 Å². The minimum absolute atomic E-state index is 0.293. The summed E-state index contributed by atoms with van der Waals surface area (Å²) in [7, 11) is 3.00. The van der Waals surface area contributed by atoms with Crippen molar-refractivity contribution in [3.63, 3.8) is 0 Å². The summed E-state index contributed by atoms with van der Waals surface area (Å²) in [6.45, 7) is 0. The third kappa shape index (κ3) is 1.98. The van der Waals surface area contributed by atoms with E-state index in [9.17, 15) is 4.79 Å². The van der Waals surface area contributed by atoms with Gasteiger partial charge in [-0.05, 0) is 41.3 Å². The Labute approximate surface area is 125 Å². The Kier molecular flexibility index (Phi) is 3.41. The molecular weight excluding hydrogens is 324 g/mol. The van der Waals surface area contributed by atoms with Crippen LogP contribution in [0.2, 0.25) is 0 Å². The van der Waals surface area contributed by atoms with Crippen LogP contribution in [-0.4, -0.2) is 30.0 Å². The number of rotatable bonds is 3. The summed E-state index contributed by atoms with van der Waals surface area (Å²) < 4.78 is 12.8. The van der Waals surface area contributed by atoms with Crippen LogP contribution < -0.4 is 4.74 Å². The molecular formula is C14H15BrN2O3. The van der Waals surface area contributed by atoms with Gasteiger partial charge in [0, 0.05) is 11.5 Å². The van der Waals surface area contributed by atoms with Crippen LogP contribution >= 0.6 is 15.9 Å². The van der Waals surface area contributed by atoms with Gasteiger partial charge in [0.2, 0.25) is 0 Å². The monoisotopic (exact) mass is 338 g/mol. The number of methoxy groups -OCH3 is 2. The number of ether oxygens (including phenoxy) is 2. The molecule has 0 spiro atoms. The predicted molar refractivity (Wildman–Crippen MR) is 78.2 cm³/mol. The van der Waals surface area contributed by atoms with Gasteiger partial charge in [-0.1, -0.05) is 0 Å². The van der Waals surface area contributed by atoms with Gasteiger partial charge in [-0.3, -0.25) is 4.68 Å². The second kappa shape index (κ2) is 5.09. The molecule has 0 bridgehead atoms. The van der Waals surface area contributed by atoms with Crippen LogP contribution in [0.15, 0.2) is 16.6 Å². The average molecular weight is 339 g/mol. The summed E-state index contributed by atoms with van der Waals surface area (Å²) in [4.78, 5) is 12.1. The quantitative estimate of drug-likeness (QED) is 0.805. The van der Waals surface area contributed by atoms with Crippen LogP contribution in [0, 0.1) is 0 Å². The number of hydrogen-bond donors (Lipinski definition) is 0. The van der Waals surface area contributed by atoms with Gasteiger partial charge < -0.3 is 9.47 Å². The molecule has 1 saturated carbocycles. The molecule has 1 aliphatic rings. The van der Waals surface area contributed by atoms with Crippen molar-refractivity contribution in [2.24, 2.45) is 0 Å². The molecule has 2 aromatic rings. The predicted octanol–water partition coefficient (Wildman–Crippen LogP) is 3.32. The third-order valence-corrected chi connectivity index (χ3v) is 4.39. The standard InChI is InChI=1S/C14H15BrN2O3/c1-19-12-7-11-9(6-10(12)15)13(14(18)20-2)17(16-11)8-4-3-5-8/h6-8H,3-5H2,1-2H3. The second-order valence-electron chi connectivity index (χ2n) is 4.87. The summed E-state index contributed by atoms with van der Waals surface area (Å²) in [5.41, 5.74) is 1.27. The van der Waals surface area contributed by atoms with Crippen molar-refractivity contribution in [3.8, 4) is 5.75 Å². The zero-order valence-electron chi connectivity index (χ0n) is 11.4. The number of benzene rings is 1. The third-order valence-electron chi connectivity index (χ3n) is 3.77. The van der Waals surface area contributed by atoms with Crippen molar-refractivity contribution >= 4 is 32.8 Å². The number of aromatic nitrogens is 2. The average Bonchev–Trinajstić information content (AvgIpc) is 2.72. The van der Waals surface area contributed by atoms with E-state index in [-0.39, 0.29) is 5.97 Å². The van der Waals surface area contributed by atoms with Gasteiger partial charge in [0.05, 0.1) is 30.3 Å². The minimum atomic E-state index is -0.350. The van der Waals surface area contributed by atoms with E-state index in [1.54, 1.807) is 7.11 Å². The molecule has 20 heavy (non-hydrogen) atoms. The second-order valence-corrected chi connectivity index (χ2v) is 5.73. The fourth-order valence-electron chi connectivity index (χ4n) is 2.46. The molecule has 0 radical (unpaired) electrons. The number of carbonyl (C=O) groups is 1. The molecule has 0 unspecified atom stereocenters. The lowest BCUT2D eigenvalue weighted by Gasteiger charge is -2.26. The Bertz CT molecular complexity index is 677. The lowest BCUT2D eigenvalue weighted by Crippen LogP contribution is -2.22. The molecule has 0 N–H and O–H groups in total. The van der Waals surface area contributed by atoms with Crippen LogP contribution in [0.25, 0.3) is 10.9 Å². The smallest absolute Gasteiger partial charge is 0.356 e. The highest BCUT2D eigenvalue weighted by molar-refractivity contribution is 9.10. The van der Waals surface area contributed by atoms with Gasteiger partial charge in [0.1, 0.15) is 5.75 Å². The first-order valence-corrected chi connectivity index (χ1v) is 7.29. The van der Waals surface area contributed by atoms with Crippen molar-refractivity contribution < 1.29 is 14.3 Å². The zero-order chi connectivity index (χ0) is 14.3. The van der Waals surface area contributed by atoms with Gasteiger partial charge in [-0.2, -0.15) is 5.10 Å². The van der Waals surface area contributed by atoms with Crippen LogP contribution in [-0.2, 0) is 4.74 Å². The van der Waals surface area contributed by atoms with Crippen molar-refractivity contribution in [3.05, 3.63) is 22.3 Å². The Hall–Kier alpha value is -1.56. The molecule has 1 aromatic heterocycles. The molecule has 3 rings (SSSR count). The topological polar surface area (TPSA) is 53.4 Å². The van der Waals surface area contributed by atoms with Gasteiger partial charge in [-0.15, -0.1) is 0 Å². The molecule has 6 heteroatoms. The van der Waals surface area contributed by atoms with Gasteiger partial charge in [-0.25, -0.2) is 4.79 Å². The first-order valence-electron chi connectivity index (χ1n) is 6.49. The summed E-state index contributed by atoms with van der Waals surface area (Å²) in [5.74, 6) is 0.351. The maximum Gasteiger partial charge on any atom is 0.356 e. The van der Waals surface area contributed by atoms with Crippen LogP contribution in [0.1, 0.15) is 35.8 Å². The van der Waals surface area contributed by atoms with E-state index in [1.807, 2.05) is 16.8 Å². The van der Waals surface area contributed by atoms with Crippen molar-refractivity contribution in [1.29, 1.82) is 0 Å². The highest BCUT2D eigenvalue weighted by Gasteiger charge is 2.28. The Morgan fingerprint density at radius 2 is 2.15 bits per heavy atom. The molecule has 1 heterocycles. The van der Waals surface area contributed by atoms with E-state index in [0.29, 0.717) is 17.5 Å². The van der Waals surface area contributed by atoms with E-state index >= 15 is 0 Å². The van der Waals surface area contributed by atoms with E-state index < -0.39 is 0 Å². The summed E-state index contributed by atoms with van der Waals surface area (Å²) >= 11 is 3.45. The maximum atomic E-state index is 12.1. The number of nitrogens with zero attached hydrogens (tertiary/aromatic N) is 2. The molecule has 1 aliphatic carbocycles. The highest BCUT2D eigenvalue weighted by Crippen LogP contribution is 2.37. The number of fused-ring (bicyclic) bond motifs is 1. The highest BCUT2D eigenvalue weighted by atomic mass is 79.9. The SMILES string of the molecule is COC(=O)c1c2cc(Br)c(OC)cc2nn1C1CCC1.